The van der Waals surface area contributed by atoms with Crippen molar-refractivity contribution < 1.29 is 19.1 Å². The molecule has 0 spiro atoms. The van der Waals surface area contributed by atoms with Crippen molar-refractivity contribution in [3.63, 3.8) is 0 Å². The zero-order valence-corrected chi connectivity index (χ0v) is 17.3. The number of hydrogen-bond donors (Lipinski definition) is 2. The maximum absolute atomic E-state index is 12.7. The van der Waals surface area contributed by atoms with Crippen molar-refractivity contribution in [2.24, 2.45) is 0 Å². The van der Waals surface area contributed by atoms with Gasteiger partial charge in [-0.15, -0.1) is 0 Å². The number of fused-ring (bicyclic) bond motifs is 1. The number of amides is 2. The van der Waals surface area contributed by atoms with E-state index >= 15 is 0 Å². The van der Waals surface area contributed by atoms with Crippen molar-refractivity contribution in [3.05, 3.63) is 53.2 Å². The lowest BCUT2D eigenvalue weighted by molar-refractivity contribution is -0.110. The molecule has 152 valence electrons. The lowest BCUT2D eigenvalue weighted by Gasteiger charge is -2.14. The van der Waals surface area contributed by atoms with E-state index in [-0.39, 0.29) is 11.8 Å². The molecule has 1 heterocycles. The number of anilines is 2. The van der Waals surface area contributed by atoms with E-state index in [1.165, 1.54) is 4.90 Å². The summed E-state index contributed by atoms with van der Waals surface area (Å²) in [7, 11) is 6.55. The molecule has 3 rings (SSSR count). The highest BCUT2D eigenvalue weighted by Crippen LogP contribution is 2.42. The van der Waals surface area contributed by atoms with Crippen LogP contribution < -0.4 is 20.1 Å². The summed E-state index contributed by atoms with van der Waals surface area (Å²) in [5.41, 5.74) is 4.19. The number of nitrogens with zero attached hydrogens (tertiary/aromatic N) is 1. The van der Waals surface area contributed by atoms with Crippen molar-refractivity contribution in [2.45, 2.75) is 13.3 Å². The second-order valence-electron chi connectivity index (χ2n) is 6.82. The van der Waals surface area contributed by atoms with Gasteiger partial charge in [0.15, 0.2) is 11.5 Å². The Kier molecular flexibility index (Phi) is 5.77. The first-order valence-corrected chi connectivity index (χ1v) is 9.29. The topological polar surface area (TPSA) is 79.9 Å². The largest absolute Gasteiger partial charge is 0.493 e. The average Bonchev–Trinajstić information content (AvgIpc) is 3.05. The van der Waals surface area contributed by atoms with Crippen LogP contribution in [0.3, 0.4) is 0 Å². The van der Waals surface area contributed by atoms with Gasteiger partial charge in [-0.2, -0.15) is 0 Å². The van der Waals surface area contributed by atoms with Crippen LogP contribution in [0.15, 0.2) is 42.1 Å². The van der Waals surface area contributed by atoms with Crippen molar-refractivity contribution in [1.82, 2.24) is 4.90 Å². The van der Waals surface area contributed by atoms with Crippen LogP contribution >= 0.6 is 0 Å². The number of carbonyl (C=O) groups excluding carboxylic acids is 2. The Morgan fingerprint density at radius 2 is 1.69 bits per heavy atom. The molecule has 0 radical (unpaired) electrons. The average molecular weight is 395 g/mol. The molecule has 0 saturated heterocycles. The Morgan fingerprint density at radius 1 is 1.07 bits per heavy atom. The molecule has 7 heteroatoms. The van der Waals surface area contributed by atoms with E-state index in [9.17, 15) is 9.59 Å². The van der Waals surface area contributed by atoms with Gasteiger partial charge in [0, 0.05) is 42.7 Å². The van der Waals surface area contributed by atoms with Gasteiger partial charge in [0.2, 0.25) is 0 Å². The number of hydrogen-bond acceptors (Lipinski definition) is 5. The molecule has 0 bridgehead atoms. The van der Waals surface area contributed by atoms with Crippen LogP contribution in [0, 0.1) is 0 Å². The molecule has 2 N–H and O–H groups in total. The Hall–Kier alpha value is -3.48. The lowest BCUT2D eigenvalue weighted by atomic mass is 10.0. The molecule has 2 aromatic rings. The van der Waals surface area contributed by atoms with Gasteiger partial charge >= 0.3 is 0 Å². The van der Waals surface area contributed by atoms with Gasteiger partial charge in [-0.3, -0.25) is 9.59 Å². The van der Waals surface area contributed by atoms with Crippen LogP contribution in [-0.4, -0.2) is 45.0 Å². The van der Waals surface area contributed by atoms with Gasteiger partial charge in [0.05, 0.1) is 25.5 Å². The van der Waals surface area contributed by atoms with Crippen LogP contribution in [0.1, 0.15) is 29.3 Å². The first kappa shape index (κ1) is 20.3. The minimum absolute atomic E-state index is 0.0595. The van der Waals surface area contributed by atoms with Gasteiger partial charge in [0.25, 0.3) is 11.8 Å². The maximum Gasteiger partial charge on any atom is 0.258 e. The number of methoxy groups -OCH3 is 2. The van der Waals surface area contributed by atoms with Crippen LogP contribution in [0.4, 0.5) is 11.4 Å². The molecular weight excluding hydrogens is 370 g/mol. The summed E-state index contributed by atoms with van der Waals surface area (Å²) in [5.74, 6) is 0.872. The SMILES string of the molecule is CC/C(Nc1ccc(C(=O)N(C)C)cc1)=C1/C(=O)Nc2cc(OC)c(OC)cc21. The Bertz CT molecular complexity index is 978. The van der Waals surface area contributed by atoms with Gasteiger partial charge < -0.3 is 25.0 Å². The fraction of sp³-hybridized carbons (Fsp3) is 0.273. The van der Waals surface area contributed by atoms with E-state index in [2.05, 4.69) is 10.6 Å². The van der Waals surface area contributed by atoms with Crippen molar-refractivity contribution in [2.75, 3.05) is 38.9 Å². The summed E-state index contributed by atoms with van der Waals surface area (Å²) < 4.78 is 10.7. The minimum Gasteiger partial charge on any atom is -0.493 e. The van der Waals surface area contributed by atoms with Crippen molar-refractivity contribution in [1.29, 1.82) is 0 Å². The predicted molar refractivity (Wildman–Crippen MR) is 113 cm³/mol. The maximum atomic E-state index is 12.7. The molecule has 2 aromatic carbocycles. The fourth-order valence-electron chi connectivity index (χ4n) is 3.25. The molecular formula is C22H25N3O4. The molecule has 7 nitrogen and oxygen atoms in total. The van der Waals surface area contributed by atoms with Crippen molar-refractivity contribution in [3.8, 4) is 11.5 Å². The van der Waals surface area contributed by atoms with E-state index in [1.807, 2.05) is 19.1 Å². The number of benzene rings is 2. The molecule has 0 fully saturated rings. The number of ether oxygens (including phenoxy) is 2. The lowest BCUT2D eigenvalue weighted by Crippen LogP contribution is -2.21. The standard InChI is InChI=1S/C22H25N3O4/c1-6-16(23-14-9-7-13(8-10-14)22(27)25(2)3)20-15-11-18(28-4)19(29-5)12-17(15)24-21(20)26/h7-12,23H,6H2,1-5H3,(H,24,26)/b20-16-. The highest BCUT2D eigenvalue weighted by Gasteiger charge is 2.29. The summed E-state index contributed by atoms with van der Waals surface area (Å²) >= 11 is 0. The number of allylic oxidation sites excluding steroid dienone is 1. The van der Waals surface area contributed by atoms with E-state index in [1.54, 1.807) is 52.6 Å². The molecule has 1 aliphatic rings. The highest BCUT2D eigenvalue weighted by molar-refractivity contribution is 6.32. The van der Waals surface area contributed by atoms with Crippen LogP contribution in [0.25, 0.3) is 5.57 Å². The van der Waals surface area contributed by atoms with Crippen molar-refractivity contribution >= 4 is 28.8 Å². The Balaban J connectivity index is 1.97. The quantitative estimate of drug-likeness (QED) is 0.731. The third kappa shape index (κ3) is 3.89. The molecule has 0 unspecified atom stereocenters. The molecule has 0 aromatic heterocycles. The molecule has 0 atom stereocenters. The second-order valence-corrected chi connectivity index (χ2v) is 6.82. The van der Waals surface area contributed by atoms with E-state index in [0.29, 0.717) is 34.7 Å². The fourth-order valence-corrected chi connectivity index (χ4v) is 3.25. The van der Waals surface area contributed by atoms with Gasteiger partial charge in [-0.1, -0.05) is 6.92 Å². The smallest absolute Gasteiger partial charge is 0.258 e. The molecule has 0 aliphatic carbocycles. The summed E-state index contributed by atoms with van der Waals surface area (Å²) in [6.45, 7) is 1.98. The number of rotatable bonds is 6. The molecule has 1 aliphatic heterocycles. The minimum atomic E-state index is -0.181. The van der Waals surface area contributed by atoms with E-state index < -0.39 is 0 Å². The zero-order valence-electron chi connectivity index (χ0n) is 17.3. The summed E-state index contributed by atoms with van der Waals surface area (Å²) in [5, 5.41) is 6.21. The summed E-state index contributed by atoms with van der Waals surface area (Å²) in [6, 6.07) is 10.7. The van der Waals surface area contributed by atoms with Gasteiger partial charge in [-0.05, 0) is 36.8 Å². The first-order valence-electron chi connectivity index (χ1n) is 9.29. The normalized spacial score (nSPS) is 14.0. The number of nitrogens with one attached hydrogen (secondary N) is 2. The number of carbonyl (C=O) groups is 2. The third-order valence-electron chi connectivity index (χ3n) is 4.76. The summed E-state index contributed by atoms with van der Waals surface area (Å²) in [4.78, 5) is 26.3. The molecule has 2 amide bonds. The summed E-state index contributed by atoms with van der Waals surface area (Å²) in [6.07, 6.45) is 0.620. The predicted octanol–water partition coefficient (Wildman–Crippen LogP) is 3.59. The van der Waals surface area contributed by atoms with E-state index in [0.717, 1.165) is 16.9 Å². The Labute approximate surface area is 170 Å². The molecule has 29 heavy (non-hydrogen) atoms. The highest BCUT2D eigenvalue weighted by atomic mass is 16.5. The van der Waals surface area contributed by atoms with Crippen LogP contribution in [-0.2, 0) is 4.79 Å². The third-order valence-corrected chi connectivity index (χ3v) is 4.76. The van der Waals surface area contributed by atoms with E-state index in [4.69, 9.17) is 9.47 Å². The van der Waals surface area contributed by atoms with Crippen LogP contribution in [0.2, 0.25) is 0 Å². The Morgan fingerprint density at radius 3 is 2.24 bits per heavy atom. The monoisotopic (exact) mass is 395 g/mol. The van der Waals surface area contributed by atoms with Gasteiger partial charge in [0.1, 0.15) is 0 Å². The second kappa shape index (κ2) is 8.26. The zero-order chi connectivity index (χ0) is 21.1. The molecule has 0 saturated carbocycles. The van der Waals surface area contributed by atoms with Crippen LogP contribution in [0.5, 0.6) is 11.5 Å². The first-order chi connectivity index (χ1) is 13.9. The van der Waals surface area contributed by atoms with Gasteiger partial charge in [-0.25, -0.2) is 0 Å².